The van der Waals surface area contributed by atoms with E-state index in [9.17, 15) is 4.79 Å². The summed E-state index contributed by atoms with van der Waals surface area (Å²) in [6, 6.07) is 36.0. The molecule has 0 radical (unpaired) electrons. The quantitative estimate of drug-likeness (QED) is 0.119. The molecular weight excluding hydrogens is 550 g/mol. The van der Waals surface area contributed by atoms with Crippen LogP contribution in [0.2, 0.25) is 0 Å². The zero-order valence-corrected chi connectivity index (χ0v) is 27.8. The second-order valence-electron chi connectivity index (χ2n) is 12.2. The van der Waals surface area contributed by atoms with Gasteiger partial charge in [-0.25, -0.2) is 4.79 Å². The summed E-state index contributed by atoms with van der Waals surface area (Å²) in [6.45, 7) is 15.1. The van der Waals surface area contributed by atoms with Crippen molar-refractivity contribution in [2.75, 3.05) is 4.90 Å². The highest BCUT2D eigenvalue weighted by Crippen LogP contribution is 2.37. The zero-order chi connectivity index (χ0) is 32.1. The van der Waals surface area contributed by atoms with Crippen molar-refractivity contribution in [3.8, 4) is 16.9 Å². The first kappa shape index (κ1) is 31.8. The maximum atomic E-state index is 13.6. The number of hydrogen-bond acceptors (Lipinski definition) is 3. The average molecular weight is 596 g/mol. The topological polar surface area (TPSA) is 29.5 Å². The largest absolute Gasteiger partial charge is 0.422 e. The number of carbonyl (C=O) groups is 1. The number of carbonyl (C=O) groups excluding carboxylic acids is 1. The molecule has 0 atom stereocenters. The summed E-state index contributed by atoms with van der Waals surface area (Å²) in [7, 11) is 0. The highest BCUT2D eigenvalue weighted by atomic mass is 16.5. The van der Waals surface area contributed by atoms with Crippen LogP contribution in [0.3, 0.4) is 0 Å². The Morgan fingerprint density at radius 1 is 0.622 bits per heavy atom. The molecule has 0 saturated heterocycles. The highest BCUT2D eigenvalue weighted by Gasteiger charge is 2.19. The van der Waals surface area contributed by atoms with Gasteiger partial charge in [-0.2, -0.15) is 0 Å². The fraction of sp³-hybridized carbons (Fsp3) is 0.262. The van der Waals surface area contributed by atoms with Crippen LogP contribution in [0, 0.1) is 13.8 Å². The van der Waals surface area contributed by atoms with E-state index < -0.39 is 0 Å². The van der Waals surface area contributed by atoms with E-state index in [0.29, 0.717) is 17.2 Å². The first-order valence-electron chi connectivity index (χ1n) is 16.3. The Labute approximate surface area is 269 Å². The van der Waals surface area contributed by atoms with Crippen molar-refractivity contribution in [2.45, 2.75) is 73.6 Å². The van der Waals surface area contributed by atoms with Crippen LogP contribution in [0.15, 0.2) is 103 Å². The monoisotopic (exact) mass is 595 g/mol. The molecule has 5 aromatic rings. The molecule has 230 valence electrons. The van der Waals surface area contributed by atoms with Crippen molar-refractivity contribution in [1.29, 1.82) is 0 Å². The summed E-state index contributed by atoms with van der Waals surface area (Å²) in [6.07, 6.45) is 2.51. The number of hydrogen-bond donors (Lipinski definition) is 0. The Morgan fingerprint density at radius 3 is 1.53 bits per heavy atom. The van der Waals surface area contributed by atoms with Crippen LogP contribution in [0.5, 0.6) is 5.75 Å². The van der Waals surface area contributed by atoms with Crippen LogP contribution >= 0.6 is 0 Å². The van der Waals surface area contributed by atoms with Gasteiger partial charge in [0.05, 0.1) is 5.56 Å². The van der Waals surface area contributed by atoms with Gasteiger partial charge in [0.25, 0.3) is 0 Å². The molecule has 5 rings (SSSR count). The van der Waals surface area contributed by atoms with Crippen molar-refractivity contribution in [1.82, 2.24) is 0 Å². The molecule has 0 bridgehead atoms. The lowest BCUT2D eigenvalue weighted by Crippen LogP contribution is -2.13. The highest BCUT2D eigenvalue weighted by molar-refractivity contribution is 5.92. The van der Waals surface area contributed by atoms with Crippen molar-refractivity contribution in [3.05, 3.63) is 142 Å². The van der Waals surface area contributed by atoms with Gasteiger partial charge in [0, 0.05) is 17.1 Å². The normalized spacial score (nSPS) is 11.1. The molecule has 0 aliphatic heterocycles. The van der Waals surface area contributed by atoms with Gasteiger partial charge in [-0.15, -0.1) is 0 Å². The number of esters is 1. The van der Waals surface area contributed by atoms with Crippen molar-refractivity contribution < 1.29 is 9.53 Å². The first-order chi connectivity index (χ1) is 21.7. The molecule has 0 saturated carbocycles. The molecular formula is C42H45NO2. The van der Waals surface area contributed by atoms with Gasteiger partial charge >= 0.3 is 5.97 Å². The molecule has 0 unspecified atom stereocenters. The average Bonchev–Trinajstić information content (AvgIpc) is 3.06. The summed E-state index contributed by atoms with van der Waals surface area (Å²) in [5, 5.41) is 0. The Bertz CT molecular complexity index is 1690. The molecule has 0 aromatic heterocycles. The Kier molecular flexibility index (Phi) is 9.88. The number of aryl methyl sites for hydroxylation is 5. The molecule has 45 heavy (non-hydrogen) atoms. The number of benzene rings is 5. The number of rotatable bonds is 10. The van der Waals surface area contributed by atoms with Crippen LogP contribution in [0.4, 0.5) is 17.1 Å². The van der Waals surface area contributed by atoms with E-state index in [4.69, 9.17) is 4.74 Å². The molecule has 0 spiro atoms. The summed E-state index contributed by atoms with van der Waals surface area (Å²) in [5.74, 6) is 0.808. The van der Waals surface area contributed by atoms with Crippen molar-refractivity contribution in [2.24, 2.45) is 0 Å². The number of ether oxygens (including phenoxy) is 1. The Morgan fingerprint density at radius 2 is 1.09 bits per heavy atom. The van der Waals surface area contributed by atoms with Crippen LogP contribution in [-0.2, 0) is 19.3 Å². The van der Waals surface area contributed by atoms with Crippen LogP contribution in [-0.4, -0.2) is 5.97 Å². The molecule has 3 nitrogen and oxygen atoms in total. The molecule has 0 amide bonds. The van der Waals surface area contributed by atoms with E-state index in [1.54, 1.807) is 0 Å². The van der Waals surface area contributed by atoms with E-state index >= 15 is 0 Å². The second kappa shape index (κ2) is 14.0. The van der Waals surface area contributed by atoms with Crippen molar-refractivity contribution >= 4 is 23.0 Å². The predicted molar refractivity (Wildman–Crippen MR) is 190 cm³/mol. The van der Waals surface area contributed by atoms with Gasteiger partial charge in [-0.3, -0.25) is 0 Å². The maximum absolute atomic E-state index is 13.6. The standard InChI is InChI=1S/C42H45NO2/c1-8-31-15-16-35(28(4)5)27-40(31)36-25-32(9-2)41(33(10-3)26-36)45-42(44)34-17-23-39(24-18-34)43(37-19-11-29(6)12-20-37)38-21-13-30(7)14-22-38/h11-28H,8-10H2,1-7H3. The van der Waals surface area contributed by atoms with Gasteiger partial charge < -0.3 is 9.64 Å². The van der Waals surface area contributed by atoms with Crippen LogP contribution in [0.1, 0.15) is 84.3 Å². The van der Waals surface area contributed by atoms with Gasteiger partial charge in [0.1, 0.15) is 5.75 Å². The molecule has 0 heterocycles. The molecule has 3 heteroatoms. The lowest BCUT2D eigenvalue weighted by atomic mass is 9.89. The fourth-order valence-corrected chi connectivity index (χ4v) is 5.83. The molecule has 0 aliphatic rings. The zero-order valence-electron chi connectivity index (χ0n) is 27.8. The maximum Gasteiger partial charge on any atom is 0.343 e. The second-order valence-corrected chi connectivity index (χ2v) is 12.2. The van der Waals surface area contributed by atoms with Gasteiger partial charge in [0.2, 0.25) is 0 Å². The third-order valence-electron chi connectivity index (χ3n) is 8.64. The third-order valence-corrected chi connectivity index (χ3v) is 8.64. The van der Waals surface area contributed by atoms with E-state index in [0.717, 1.165) is 47.5 Å². The minimum Gasteiger partial charge on any atom is -0.422 e. The fourth-order valence-electron chi connectivity index (χ4n) is 5.83. The SMILES string of the molecule is CCc1ccc(C(C)C)cc1-c1cc(CC)c(OC(=O)c2ccc(N(c3ccc(C)cc3)c3ccc(C)cc3)cc2)c(CC)c1. The van der Waals surface area contributed by atoms with Gasteiger partial charge in [-0.05, 0) is 133 Å². The summed E-state index contributed by atoms with van der Waals surface area (Å²) in [5.41, 5.74) is 13.3. The van der Waals surface area contributed by atoms with E-state index in [2.05, 4.69) is 132 Å². The summed E-state index contributed by atoms with van der Waals surface area (Å²) < 4.78 is 6.20. The van der Waals surface area contributed by atoms with E-state index in [1.807, 2.05) is 24.3 Å². The minimum atomic E-state index is -0.341. The van der Waals surface area contributed by atoms with Crippen LogP contribution < -0.4 is 9.64 Å². The molecule has 0 fully saturated rings. The van der Waals surface area contributed by atoms with E-state index in [1.165, 1.54) is 33.4 Å². The lowest BCUT2D eigenvalue weighted by molar-refractivity contribution is 0.0731. The Balaban J connectivity index is 1.46. The predicted octanol–water partition coefficient (Wildman–Crippen LogP) is 11.5. The smallest absolute Gasteiger partial charge is 0.343 e. The minimum absolute atomic E-state index is 0.341. The lowest BCUT2D eigenvalue weighted by Gasteiger charge is -2.26. The third kappa shape index (κ3) is 7.04. The summed E-state index contributed by atoms with van der Waals surface area (Å²) >= 11 is 0. The van der Waals surface area contributed by atoms with Crippen molar-refractivity contribution in [3.63, 3.8) is 0 Å². The van der Waals surface area contributed by atoms with Gasteiger partial charge in [-0.1, -0.05) is 88.2 Å². The Hall–Kier alpha value is -4.63. The summed E-state index contributed by atoms with van der Waals surface area (Å²) in [4.78, 5) is 15.8. The molecule has 0 aliphatic carbocycles. The van der Waals surface area contributed by atoms with E-state index in [-0.39, 0.29) is 5.97 Å². The number of anilines is 3. The first-order valence-corrected chi connectivity index (χ1v) is 16.3. The van der Waals surface area contributed by atoms with Crippen LogP contribution in [0.25, 0.3) is 11.1 Å². The number of nitrogens with zero attached hydrogens (tertiary/aromatic N) is 1. The molecule has 0 N–H and O–H groups in total. The van der Waals surface area contributed by atoms with Gasteiger partial charge in [0.15, 0.2) is 0 Å². The molecule has 5 aromatic carbocycles.